The molecule has 1 amide bonds. The van der Waals surface area contributed by atoms with Gasteiger partial charge in [0.15, 0.2) is 0 Å². The quantitative estimate of drug-likeness (QED) is 0.495. The zero-order valence-corrected chi connectivity index (χ0v) is 11.7. The van der Waals surface area contributed by atoms with Gasteiger partial charge in [0.2, 0.25) is 0 Å². The molecular weight excluding hydrogens is 300 g/mol. The van der Waals surface area contributed by atoms with Crippen LogP contribution in [0.4, 0.5) is 5.69 Å². The van der Waals surface area contributed by atoms with Crippen LogP contribution in [-0.2, 0) is 13.5 Å². The van der Waals surface area contributed by atoms with Crippen LogP contribution in [-0.4, -0.2) is 37.1 Å². The summed E-state index contributed by atoms with van der Waals surface area (Å²) in [6, 6.07) is 1.09. The largest absolute Gasteiger partial charge is 0.351 e. The monoisotopic (exact) mass is 310 g/mol. The minimum atomic E-state index is -0.639. The number of nitro groups is 1. The predicted octanol–water partition coefficient (Wildman–Crippen LogP) is 0.744. The van der Waals surface area contributed by atoms with Crippen LogP contribution >= 0.6 is 11.6 Å². The van der Waals surface area contributed by atoms with Gasteiger partial charge in [-0.3, -0.25) is 14.9 Å². The second-order valence-corrected chi connectivity index (χ2v) is 4.51. The van der Waals surface area contributed by atoms with Crippen LogP contribution in [0.5, 0.6) is 0 Å². The first kappa shape index (κ1) is 14.9. The Labute approximate surface area is 124 Å². The first-order chi connectivity index (χ1) is 9.99. The summed E-state index contributed by atoms with van der Waals surface area (Å²) < 4.78 is 1.73. The predicted molar refractivity (Wildman–Crippen MR) is 72.9 cm³/mol. The second-order valence-electron chi connectivity index (χ2n) is 4.15. The fraction of sp³-hybridized carbons (Fsp3) is 0.273. The summed E-state index contributed by atoms with van der Waals surface area (Å²) in [5, 5.41) is 20.8. The van der Waals surface area contributed by atoms with Crippen LogP contribution in [0, 0.1) is 10.1 Å². The van der Waals surface area contributed by atoms with Crippen molar-refractivity contribution in [2.45, 2.75) is 6.42 Å². The number of nitrogens with zero attached hydrogens (tertiary/aromatic N) is 5. The van der Waals surface area contributed by atoms with Crippen LogP contribution in [0.3, 0.4) is 0 Å². The lowest BCUT2D eigenvalue weighted by Gasteiger charge is -2.06. The maximum atomic E-state index is 12.0. The Morgan fingerprint density at radius 3 is 2.95 bits per heavy atom. The number of pyridine rings is 1. The third-order valence-corrected chi connectivity index (χ3v) is 3.02. The summed E-state index contributed by atoms with van der Waals surface area (Å²) in [4.78, 5) is 25.6. The molecule has 0 saturated heterocycles. The zero-order chi connectivity index (χ0) is 15.4. The zero-order valence-electron chi connectivity index (χ0n) is 11.0. The highest BCUT2D eigenvalue weighted by atomic mass is 35.5. The van der Waals surface area contributed by atoms with Gasteiger partial charge in [0, 0.05) is 26.1 Å². The minimum Gasteiger partial charge on any atom is -0.351 e. The molecule has 0 radical (unpaired) electrons. The fourth-order valence-corrected chi connectivity index (χ4v) is 1.80. The number of rotatable bonds is 5. The van der Waals surface area contributed by atoms with Crippen molar-refractivity contribution in [1.29, 1.82) is 0 Å². The van der Waals surface area contributed by atoms with E-state index in [1.165, 1.54) is 0 Å². The molecule has 0 fully saturated rings. The van der Waals surface area contributed by atoms with Gasteiger partial charge in [0.05, 0.1) is 10.5 Å². The normalized spacial score (nSPS) is 10.4. The molecular formula is C11H11ClN6O3. The second kappa shape index (κ2) is 6.27. The Kier molecular flexibility index (Phi) is 4.43. The molecule has 0 atom stereocenters. The van der Waals surface area contributed by atoms with Gasteiger partial charge in [-0.1, -0.05) is 11.6 Å². The third kappa shape index (κ3) is 3.51. The fourth-order valence-electron chi connectivity index (χ4n) is 1.61. The number of halogens is 1. The Morgan fingerprint density at radius 2 is 2.33 bits per heavy atom. The SMILES string of the molecule is Cn1cnnc1CCNC(=O)c1cc([N+](=O)[O-])cnc1Cl. The first-order valence-electron chi connectivity index (χ1n) is 5.90. The van der Waals surface area contributed by atoms with Gasteiger partial charge in [-0.05, 0) is 0 Å². The molecule has 0 aliphatic heterocycles. The van der Waals surface area contributed by atoms with Gasteiger partial charge in [0.25, 0.3) is 11.6 Å². The van der Waals surface area contributed by atoms with Crippen molar-refractivity contribution < 1.29 is 9.72 Å². The maximum absolute atomic E-state index is 12.0. The van der Waals surface area contributed by atoms with Gasteiger partial charge < -0.3 is 9.88 Å². The molecule has 1 N–H and O–H groups in total. The van der Waals surface area contributed by atoms with E-state index in [-0.39, 0.29) is 16.4 Å². The van der Waals surface area contributed by atoms with E-state index in [0.717, 1.165) is 12.3 Å². The number of hydrogen-bond donors (Lipinski definition) is 1. The van der Waals surface area contributed by atoms with Crippen molar-refractivity contribution in [3.63, 3.8) is 0 Å². The molecule has 10 heteroatoms. The van der Waals surface area contributed by atoms with Gasteiger partial charge in [-0.2, -0.15) is 0 Å². The lowest BCUT2D eigenvalue weighted by molar-refractivity contribution is -0.385. The molecule has 2 aromatic rings. The van der Waals surface area contributed by atoms with Crippen molar-refractivity contribution in [2.24, 2.45) is 7.05 Å². The van der Waals surface area contributed by atoms with Gasteiger partial charge in [-0.25, -0.2) is 4.98 Å². The molecule has 9 nitrogen and oxygen atoms in total. The molecule has 110 valence electrons. The topological polar surface area (TPSA) is 116 Å². The van der Waals surface area contributed by atoms with Crippen LogP contribution < -0.4 is 5.32 Å². The highest BCUT2D eigenvalue weighted by Gasteiger charge is 2.17. The summed E-state index contributed by atoms with van der Waals surface area (Å²) in [5.41, 5.74) is -0.332. The molecule has 2 heterocycles. The van der Waals surface area contributed by atoms with Crippen molar-refractivity contribution in [2.75, 3.05) is 6.54 Å². The average molecular weight is 311 g/mol. The molecule has 0 aliphatic rings. The first-order valence-corrected chi connectivity index (χ1v) is 6.28. The standard InChI is InChI=1S/C11H11ClN6O3/c1-17-6-15-16-9(17)2-3-13-11(19)8-4-7(18(20)21)5-14-10(8)12/h4-6H,2-3H2,1H3,(H,13,19). The van der Waals surface area contributed by atoms with E-state index in [9.17, 15) is 14.9 Å². The Hall–Kier alpha value is -2.55. The van der Waals surface area contributed by atoms with Crippen LogP contribution in [0.15, 0.2) is 18.6 Å². The lowest BCUT2D eigenvalue weighted by Crippen LogP contribution is -2.27. The van der Waals surface area contributed by atoms with Crippen molar-refractivity contribution in [1.82, 2.24) is 25.1 Å². The number of nitrogens with one attached hydrogen (secondary N) is 1. The Bertz CT molecular complexity index is 686. The number of aromatic nitrogens is 4. The highest BCUT2D eigenvalue weighted by Crippen LogP contribution is 2.18. The molecule has 2 aromatic heterocycles. The van der Waals surface area contributed by atoms with Gasteiger partial charge >= 0.3 is 0 Å². The molecule has 21 heavy (non-hydrogen) atoms. The number of carbonyl (C=O) groups is 1. The highest BCUT2D eigenvalue weighted by molar-refractivity contribution is 6.32. The maximum Gasteiger partial charge on any atom is 0.288 e. The number of amides is 1. The third-order valence-electron chi connectivity index (χ3n) is 2.72. The molecule has 0 spiro atoms. The Morgan fingerprint density at radius 1 is 1.57 bits per heavy atom. The molecule has 0 unspecified atom stereocenters. The van der Waals surface area contributed by atoms with Crippen molar-refractivity contribution in [3.05, 3.63) is 45.2 Å². The molecule has 0 bridgehead atoms. The molecule has 0 aliphatic carbocycles. The number of hydrogen-bond acceptors (Lipinski definition) is 6. The van der Waals surface area contributed by atoms with Gasteiger partial charge in [-0.15, -0.1) is 10.2 Å². The van der Waals surface area contributed by atoms with Crippen molar-refractivity contribution in [3.8, 4) is 0 Å². The van der Waals surface area contributed by atoms with Crippen LogP contribution in [0.25, 0.3) is 0 Å². The summed E-state index contributed by atoms with van der Waals surface area (Å²) in [6.45, 7) is 0.296. The summed E-state index contributed by atoms with van der Waals surface area (Å²) >= 11 is 5.78. The van der Waals surface area contributed by atoms with Crippen molar-refractivity contribution >= 4 is 23.2 Å². The van der Waals surface area contributed by atoms with E-state index < -0.39 is 10.8 Å². The summed E-state index contributed by atoms with van der Waals surface area (Å²) in [7, 11) is 1.79. The van der Waals surface area contributed by atoms with E-state index in [1.807, 2.05) is 0 Å². The van der Waals surface area contributed by atoms with Crippen LogP contribution in [0.2, 0.25) is 5.15 Å². The van der Waals surface area contributed by atoms with E-state index in [0.29, 0.717) is 18.8 Å². The smallest absolute Gasteiger partial charge is 0.288 e. The average Bonchev–Trinajstić information content (AvgIpc) is 2.84. The van der Waals surface area contributed by atoms with E-state index in [4.69, 9.17) is 11.6 Å². The summed E-state index contributed by atoms with van der Waals surface area (Å²) in [6.07, 6.45) is 3.03. The van der Waals surface area contributed by atoms with E-state index >= 15 is 0 Å². The number of carbonyl (C=O) groups excluding carboxylic acids is 1. The molecule has 0 aromatic carbocycles. The van der Waals surface area contributed by atoms with E-state index in [2.05, 4.69) is 20.5 Å². The van der Waals surface area contributed by atoms with Gasteiger partial charge in [0.1, 0.15) is 23.5 Å². The Balaban J connectivity index is 2.01. The molecule has 0 saturated carbocycles. The number of aryl methyl sites for hydroxylation is 1. The lowest BCUT2D eigenvalue weighted by atomic mass is 10.2. The van der Waals surface area contributed by atoms with Crippen LogP contribution in [0.1, 0.15) is 16.2 Å². The minimum absolute atomic E-state index is 0.0381. The summed E-state index contributed by atoms with van der Waals surface area (Å²) in [5.74, 6) is 0.178. The van der Waals surface area contributed by atoms with E-state index in [1.54, 1.807) is 17.9 Å². The molecule has 2 rings (SSSR count).